The summed E-state index contributed by atoms with van der Waals surface area (Å²) in [6.07, 6.45) is 4.15. The van der Waals surface area contributed by atoms with Gasteiger partial charge in [0.1, 0.15) is 17.4 Å². The molecule has 1 N–H and O–H groups in total. The minimum absolute atomic E-state index is 0.258. The molecular formula is C28H23FN4O. The number of anilines is 2. The number of methoxy groups -OCH3 is 1. The first-order chi connectivity index (χ1) is 16.6. The van der Waals surface area contributed by atoms with E-state index >= 15 is 0 Å². The summed E-state index contributed by atoms with van der Waals surface area (Å²) in [7, 11) is 1.66. The second-order valence-corrected chi connectivity index (χ2v) is 7.88. The van der Waals surface area contributed by atoms with E-state index < -0.39 is 0 Å². The molecule has 0 fully saturated rings. The highest BCUT2D eigenvalue weighted by atomic mass is 19.1. The van der Waals surface area contributed by atoms with Gasteiger partial charge < -0.3 is 10.1 Å². The number of fused-ring (bicyclic) bond motifs is 1. The van der Waals surface area contributed by atoms with Gasteiger partial charge in [0.15, 0.2) is 5.82 Å². The first-order valence-electron chi connectivity index (χ1n) is 11.1. The summed E-state index contributed by atoms with van der Waals surface area (Å²) >= 11 is 0. The standard InChI is InChI=1S/C28H23FN4O/c1-3-18-14-22(29)10-12-25(18)31-28-24-16-20(19-6-4-8-23(15-19)34-2)9-11-26(24)32-27(33-28)21-7-5-13-30-17-21/h4-17H,3H2,1-2H3,(H,31,32,33). The van der Waals surface area contributed by atoms with Crippen molar-refractivity contribution < 1.29 is 9.13 Å². The zero-order valence-electron chi connectivity index (χ0n) is 18.9. The Morgan fingerprint density at radius 1 is 0.882 bits per heavy atom. The number of pyridine rings is 1. The van der Waals surface area contributed by atoms with Crippen LogP contribution in [0.25, 0.3) is 33.4 Å². The second-order valence-electron chi connectivity index (χ2n) is 7.88. The molecule has 0 saturated carbocycles. The molecule has 6 heteroatoms. The summed E-state index contributed by atoms with van der Waals surface area (Å²) < 4.78 is 19.2. The molecule has 5 aromatic rings. The third-order valence-electron chi connectivity index (χ3n) is 5.72. The molecule has 0 amide bonds. The molecule has 0 bridgehead atoms. The Balaban J connectivity index is 1.69. The number of hydrogen-bond acceptors (Lipinski definition) is 5. The Morgan fingerprint density at radius 3 is 2.53 bits per heavy atom. The van der Waals surface area contributed by atoms with E-state index in [1.54, 1.807) is 31.6 Å². The van der Waals surface area contributed by atoms with Crippen LogP contribution in [0.3, 0.4) is 0 Å². The van der Waals surface area contributed by atoms with E-state index in [4.69, 9.17) is 14.7 Å². The van der Waals surface area contributed by atoms with Gasteiger partial charge in [0.25, 0.3) is 0 Å². The summed E-state index contributed by atoms with van der Waals surface area (Å²) in [6, 6.07) is 22.5. The highest BCUT2D eigenvalue weighted by Gasteiger charge is 2.13. The molecule has 2 aromatic heterocycles. The van der Waals surface area contributed by atoms with Gasteiger partial charge in [-0.25, -0.2) is 14.4 Å². The number of rotatable bonds is 6. The van der Waals surface area contributed by atoms with E-state index in [1.165, 1.54) is 6.07 Å². The molecule has 0 aliphatic carbocycles. The zero-order chi connectivity index (χ0) is 23.5. The fourth-order valence-corrected chi connectivity index (χ4v) is 3.93. The number of nitrogens with zero attached hydrogens (tertiary/aromatic N) is 3. The molecule has 34 heavy (non-hydrogen) atoms. The van der Waals surface area contributed by atoms with Crippen LogP contribution in [-0.4, -0.2) is 22.1 Å². The third-order valence-corrected chi connectivity index (χ3v) is 5.72. The lowest BCUT2D eigenvalue weighted by Gasteiger charge is -2.15. The predicted octanol–water partition coefficient (Wildman–Crippen LogP) is 6.81. The molecule has 0 radical (unpaired) electrons. The van der Waals surface area contributed by atoms with E-state index in [9.17, 15) is 4.39 Å². The number of halogens is 1. The molecule has 0 saturated heterocycles. The predicted molar refractivity (Wildman–Crippen MR) is 134 cm³/mol. The van der Waals surface area contributed by atoms with Crippen molar-refractivity contribution >= 4 is 22.4 Å². The SMILES string of the molecule is CCc1cc(F)ccc1Nc1nc(-c2cccnc2)nc2ccc(-c3cccc(OC)c3)cc12. The number of nitrogens with one attached hydrogen (secondary N) is 1. The number of aryl methyl sites for hydroxylation is 1. The van der Waals surface area contributed by atoms with Crippen LogP contribution in [-0.2, 0) is 6.42 Å². The molecule has 3 aromatic carbocycles. The van der Waals surface area contributed by atoms with Crippen LogP contribution in [0.1, 0.15) is 12.5 Å². The molecular weight excluding hydrogens is 427 g/mol. The minimum atomic E-state index is -0.258. The minimum Gasteiger partial charge on any atom is -0.497 e. The van der Waals surface area contributed by atoms with E-state index in [0.717, 1.165) is 44.6 Å². The average molecular weight is 451 g/mol. The Labute approximate surface area is 197 Å². The summed E-state index contributed by atoms with van der Waals surface area (Å²) in [4.78, 5) is 13.9. The Bertz CT molecular complexity index is 1470. The lowest BCUT2D eigenvalue weighted by molar-refractivity contribution is 0.415. The fraction of sp³-hybridized carbons (Fsp3) is 0.107. The smallest absolute Gasteiger partial charge is 0.163 e. The van der Waals surface area contributed by atoms with Gasteiger partial charge in [-0.3, -0.25) is 4.98 Å². The summed E-state index contributed by atoms with van der Waals surface area (Å²) in [5, 5.41) is 4.30. The van der Waals surface area contributed by atoms with Gasteiger partial charge >= 0.3 is 0 Å². The zero-order valence-corrected chi connectivity index (χ0v) is 18.9. The first-order valence-corrected chi connectivity index (χ1v) is 11.1. The van der Waals surface area contributed by atoms with Crippen molar-refractivity contribution in [2.45, 2.75) is 13.3 Å². The van der Waals surface area contributed by atoms with Gasteiger partial charge in [-0.05, 0) is 77.7 Å². The van der Waals surface area contributed by atoms with Crippen LogP contribution < -0.4 is 10.1 Å². The highest BCUT2D eigenvalue weighted by molar-refractivity contribution is 5.95. The van der Waals surface area contributed by atoms with Gasteiger partial charge in [-0.15, -0.1) is 0 Å². The quantitative estimate of drug-likeness (QED) is 0.308. The van der Waals surface area contributed by atoms with Crippen molar-refractivity contribution in [3.05, 3.63) is 96.6 Å². The maximum atomic E-state index is 13.8. The van der Waals surface area contributed by atoms with Crippen LogP contribution in [0, 0.1) is 5.82 Å². The summed E-state index contributed by atoms with van der Waals surface area (Å²) in [6.45, 7) is 2.00. The van der Waals surface area contributed by atoms with Gasteiger partial charge in [0.2, 0.25) is 0 Å². The third kappa shape index (κ3) is 4.30. The lowest BCUT2D eigenvalue weighted by atomic mass is 10.0. The number of aromatic nitrogens is 3. The number of hydrogen-bond donors (Lipinski definition) is 1. The largest absolute Gasteiger partial charge is 0.497 e. The van der Waals surface area contributed by atoms with Crippen LogP contribution in [0.5, 0.6) is 5.75 Å². The lowest BCUT2D eigenvalue weighted by Crippen LogP contribution is -2.02. The van der Waals surface area contributed by atoms with Crippen LogP contribution >= 0.6 is 0 Å². The van der Waals surface area contributed by atoms with Crippen molar-refractivity contribution in [3.8, 4) is 28.3 Å². The maximum Gasteiger partial charge on any atom is 0.163 e. The molecule has 0 aliphatic rings. The van der Waals surface area contributed by atoms with Crippen molar-refractivity contribution in [2.75, 3.05) is 12.4 Å². The molecule has 0 aliphatic heterocycles. The fourth-order valence-electron chi connectivity index (χ4n) is 3.93. The molecule has 0 unspecified atom stereocenters. The Hall–Kier alpha value is -4.32. The maximum absolute atomic E-state index is 13.8. The van der Waals surface area contributed by atoms with Crippen LogP contribution in [0.4, 0.5) is 15.9 Å². The number of benzene rings is 3. The Morgan fingerprint density at radius 2 is 1.74 bits per heavy atom. The molecule has 0 atom stereocenters. The van der Waals surface area contributed by atoms with Gasteiger partial charge in [0.05, 0.1) is 12.6 Å². The molecule has 5 nitrogen and oxygen atoms in total. The molecule has 5 rings (SSSR count). The molecule has 168 valence electrons. The second kappa shape index (κ2) is 9.27. The molecule has 2 heterocycles. The topological polar surface area (TPSA) is 59.9 Å². The average Bonchev–Trinajstić information content (AvgIpc) is 2.89. The van der Waals surface area contributed by atoms with E-state index in [1.807, 2.05) is 55.5 Å². The molecule has 0 spiro atoms. The normalized spacial score (nSPS) is 10.9. The van der Waals surface area contributed by atoms with E-state index in [2.05, 4.69) is 16.4 Å². The van der Waals surface area contributed by atoms with Crippen molar-refractivity contribution in [1.29, 1.82) is 0 Å². The van der Waals surface area contributed by atoms with Gasteiger partial charge in [0, 0.05) is 29.0 Å². The monoisotopic (exact) mass is 450 g/mol. The van der Waals surface area contributed by atoms with Crippen molar-refractivity contribution in [3.63, 3.8) is 0 Å². The summed E-state index contributed by atoms with van der Waals surface area (Å²) in [5.41, 5.74) is 5.34. The first kappa shape index (κ1) is 21.5. The van der Waals surface area contributed by atoms with Crippen molar-refractivity contribution in [1.82, 2.24) is 15.0 Å². The van der Waals surface area contributed by atoms with E-state index in [-0.39, 0.29) is 5.82 Å². The van der Waals surface area contributed by atoms with Crippen LogP contribution in [0.15, 0.2) is 85.2 Å². The number of ether oxygens (including phenoxy) is 1. The summed E-state index contributed by atoms with van der Waals surface area (Å²) in [5.74, 6) is 1.75. The van der Waals surface area contributed by atoms with Crippen LogP contribution in [0.2, 0.25) is 0 Å². The van der Waals surface area contributed by atoms with E-state index in [0.29, 0.717) is 18.1 Å². The van der Waals surface area contributed by atoms with Gasteiger partial charge in [-0.2, -0.15) is 0 Å². The van der Waals surface area contributed by atoms with Crippen molar-refractivity contribution in [2.24, 2.45) is 0 Å². The highest BCUT2D eigenvalue weighted by Crippen LogP contribution is 2.33. The Kier molecular flexibility index (Phi) is 5.87. The van der Waals surface area contributed by atoms with Gasteiger partial charge in [-0.1, -0.05) is 25.1 Å².